The van der Waals surface area contributed by atoms with Crippen LogP contribution in [0.5, 0.6) is 0 Å². The summed E-state index contributed by atoms with van der Waals surface area (Å²) in [6, 6.07) is 19.6. The van der Waals surface area contributed by atoms with Crippen molar-refractivity contribution in [2.45, 2.75) is 38.6 Å². The maximum atomic E-state index is 9.67. The highest BCUT2D eigenvalue weighted by Crippen LogP contribution is 2.14. The molecule has 180 valence electrons. The second kappa shape index (κ2) is 13.3. The molecule has 2 saturated heterocycles. The Kier molecular flexibility index (Phi) is 10.4. The van der Waals surface area contributed by atoms with Gasteiger partial charge in [0.25, 0.3) is 0 Å². The number of halogens is 1. The molecule has 2 aliphatic heterocycles. The summed E-state index contributed by atoms with van der Waals surface area (Å²) >= 11 is 0. The summed E-state index contributed by atoms with van der Waals surface area (Å²) in [7, 11) is 1.87. The number of aliphatic hydroxyl groups excluding tert-OH is 1. The Morgan fingerprint density at radius 2 is 1.36 bits per heavy atom. The Morgan fingerprint density at radius 3 is 1.97 bits per heavy atom. The minimum Gasteiger partial charge on any atom is -0.393 e. The molecule has 2 heterocycles. The van der Waals surface area contributed by atoms with Crippen molar-refractivity contribution in [1.82, 2.24) is 20.0 Å². The minimum absolute atomic E-state index is 0. The van der Waals surface area contributed by atoms with Crippen LogP contribution >= 0.6 is 24.0 Å². The van der Waals surface area contributed by atoms with E-state index in [1.54, 1.807) is 0 Å². The van der Waals surface area contributed by atoms with E-state index in [2.05, 4.69) is 79.6 Å². The number of aliphatic hydroxyl groups is 1. The van der Waals surface area contributed by atoms with Gasteiger partial charge in [0.2, 0.25) is 0 Å². The van der Waals surface area contributed by atoms with Gasteiger partial charge in [-0.3, -0.25) is 14.8 Å². The summed E-state index contributed by atoms with van der Waals surface area (Å²) in [5, 5.41) is 13.2. The molecule has 2 aliphatic rings. The molecule has 7 heteroatoms. The molecule has 4 rings (SSSR count). The quantitative estimate of drug-likeness (QED) is 0.322. The van der Waals surface area contributed by atoms with Crippen LogP contribution in [0.2, 0.25) is 0 Å². The lowest BCUT2D eigenvalue weighted by Gasteiger charge is -2.36. The molecule has 0 bridgehead atoms. The molecule has 2 fully saturated rings. The molecular weight excluding hydrogens is 525 g/mol. The number of guanidine groups is 1. The average Bonchev–Trinajstić information content (AvgIpc) is 2.84. The maximum absolute atomic E-state index is 9.67. The highest BCUT2D eigenvalue weighted by molar-refractivity contribution is 14.0. The fourth-order valence-electron chi connectivity index (χ4n) is 4.57. The standard InChI is InChI=1S/C26H37N5O.HI/c1-27-26(31-17-15-30(16-18-31)20-23-5-3-2-4-6-23)28-19-22-7-9-24(10-8-22)21-29-13-11-25(32)12-14-29;/h2-10,25,32H,11-21H2,1H3,(H,27,28);1H. The van der Waals surface area contributed by atoms with Gasteiger partial charge in [0.15, 0.2) is 5.96 Å². The molecule has 0 saturated carbocycles. The normalized spacial score (nSPS) is 18.7. The van der Waals surface area contributed by atoms with Crippen LogP contribution in [0.4, 0.5) is 0 Å². The van der Waals surface area contributed by atoms with Gasteiger partial charge in [-0.25, -0.2) is 0 Å². The summed E-state index contributed by atoms with van der Waals surface area (Å²) < 4.78 is 0. The van der Waals surface area contributed by atoms with E-state index in [1.807, 2.05) is 7.05 Å². The predicted molar refractivity (Wildman–Crippen MR) is 146 cm³/mol. The number of nitrogens with one attached hydrogen (secondary N) is 1. The van der Waals surface area contributed by atoms with E-state index in [9.17, 15) is 5.11 Å². The summed E-state index contributed by atoms with van der Waals surface area (Å²) in [4.78, 5) is 11.8. The molecule has 0 aromatic heterocycles. The van der Waals surface area contributed by atoms with E-state index in [0.29, 0.717) is 0 Å². The molecule has 2 aromatic rings. The number of likely N-dealkylation sites (tertiary alicyclic amines) is 1. The van der Waals surface area contributed by atoms with E-state index >= 15 is 0 Å². The second-order valence-electron chi connectivity index (χ2n) is 8.97. The van der Waals surface area contributed by atoms with Crippen molar-refractivity contribution in [2.75, 3.05) is 46.3 Å². The van der Waals surface area contributed by atoms with Gasteiger partial charge >= 0.3 is 0 Å². The maximum Gasteiger partial charge on any atom is 0.194 e. The van der Waals surface area contributed by atoms with Crippen molar-refractivity contribution in [1.29, 1.82) is 0 Å². The molecule has 2 N–H and O–H groups in total. The van der Waals surface area contributed by atoms with Crippen LogP contribution in [0, 0.1) is 0 Å². The first-order chi connectivity index (χ1) is 15.7. The molecule has 2 aromatic carbocycles. The van der Waals surface area contributed by atoms with E-state index in [-0.39, 0.29) is 30.1 Å². The number of aliphatic imine (C=N–C) groups is 1. The fraction of sp³-hybridized carbons (Fsp3) is 0.500. The SMILES string of the molecule is CN=C(NCc1ccc(CN2CCC(O)CC2)cc1)N1CCN(Cc2ccccc2)CC1.I. The topological polar surface area (TPSA) is 54.3 Å². The van der Waals surface area contributed by atoms with Crippen LogP contribution in [0.15, 0.2) is 59.6 Å². The van der Waals surface area contributed by atoms with E-state index in [4.69, 9.17) is 0 Å². The largest absolute Gasteiger partial charge is 0.393 e. The molecule has 0 atom stereocenters. The van der Waals surface area contributed by atoms with Crippen molar-refractivity contribution < 1.29 is 5.11 Å². The lowest BCUT2D eigenvalue weighted by atomic mass is 10.1. The molecule has 6 nitrogen and oxygen atoms in total. The molecule has 0 amide bonds. The third-order valence-electron chi connectivity index (χ3n) is 6.57. The monoisotopic (exact) mass is 563 g/mol. The highest BCUT2D eigenvalue weighted by Gasteiger charge is 2.20. The Hall–Kier alpha value is -1.68. The van der Waals surface area contributed by atoms with Gasteiger partial charge in [0.05, 0.1) is 6.10 Å². The van der Waals surface area contributed by atoms with Crippen LogP contribution in [0.1, 0.15) is 29.5 Å². The number of rotatable bonds is 6. The van der Waals surface area contributed by atoms with E-state index in [1.165, 1.54) is 16.7 Å². The third kappa shape index (κ3) is 7.95. The molecule has 33 heavy (non-hydrogen) atoms. The predicted octanol–water partition coefficient (Wildman–Crippen LogP) is 3.15. The molecule has 0 aliphatic carbocycles. The van der Waals surface area contributed by atoms with Crippen LogP contribution in [-0.4, -0.2) is 78.2 Å². The fourth-order valence-corrected chi connectivity index (χ4v) is 4.57. The van der Waals surface area contributed by atoms with Crippen LogP contribution in [0.3, 0.4) is 0 Å². The van der Waals surface area contributed by atoms with Gasteiger partial charge in [0.1, 0.15) is 0 Å². The number of nitrogens with zero attached hydrogens (tertiary/aromatic N) is 4. The first-order valence-electron chi connectivity index (χ1n) is 11.9. The zero-order chi connectivity index (χ0) is 22.2. The van der Waals surface area contributed by atoms with Crippen molar-refractivity contribution in [2.24, 2.45) is 4.99 Å². The highest BCUT2D eigenvalue weighted by atomic mass is 127. The van der Waals surface area contributed by atoms with Crippen LogP contribution in [0.25, 0.3) is 0 Å². The van der Waals surface area contributed by atoms with Crippen molar-refractivity contribution in [3.63, 3.8) is 0 Å². The zero-order valence-electron chi connectivity index (χ0n) is 19.7. The molecule has 0 unspecified atom stereocenters. The van der Waals surface area contributed by atoms with Gasteiger partial charge < -0.3 is 15.3 Å². The van der Waals surface area contributed by atoms with E-state index in [0.717, 1.165) is 77.7 Å². The number of hydrogen-bond donors (Lipinski definition) is 2. The molecule has 0 spiro atoms. The van der Waals surface area contributed by atoms with Crippen molar-refractivity contribution >= 4 is 29.9 Å². The summed E-state index contributed by atoms with van der Waals surface area (Å²) in [6.45, 7) is 8.84. The van der Waals surface area contributed by atoms with Gasteiger partial charge in [-0.15, -0.1) is 24.0 Å². The van der Waals surface area contributed by atoms with Gasteiger partial charge in [0, 0.05) is 66.0 Å². The average molecular weight is 564 g/mol. The Balaban J connectivity index is 0.00000306. The lowest BCUT2D eigenvalue weighted by Crippen LogP contribution is -2.52. The first-order valence-corrected chi connectivity index (χ1v) is 11.9. The second-order valence-corrected chi connectivity index (χ2v) is 8.97. The summed E-state index contributed by atoms with van der Waals surface area (Å²) in [6.07, 6.45) is 1.67. The molecular formula is C26H38IN5O. The third-order valence-corrected chi connectivity index (χ3v) is 6.57. The zero-order valence-corrected chi connectivity index (χ0v) is 22.0. The number of hydrogen-bond acceptors (Lipinski definition) is 4. The number of benzene rings is 2. The van der Waals surface area contributed by atoms with Gasteiger partial charge in [-0.1, -0.05) is 54.6 Å². The van der Waals surface area contributed by atoms with Gasteiger partial charge in [-0.05, 0) is 29.5 Å². The lowest BCUT2D eigenvalue weighted by molar-refractivity contribution is 0.0792. The van der Waals surface area contributed by atoms with E-state index < -0.39 is 0 Å². The number of piperazine rings is 1. The van der Waals surface area contributed by atoms with Crippen molar-refractivity contribution in [3.8, 4) is 0 Å². The Labute approximate surface area is 215 Å². The summed E-state index contributed by atoms with van der Waals surface area (Å²) in [5.41, 5.74) is 3.99. The Bertz CT molecular complexity index is 845. The van der Waals surface area contributed by atoms with Crippen LogP contribution in [-0.2, 0) is 19.6 Å². The smallest absolute Gasteiger partial charge is 0.194 e. The minimum atomic E-state index is -0.110. The summed E-state index contributed by atoms with van der Waals surface area (Å²) in [5.74, 6) is 0.986. The molecule has 0 radical (unpaired) electrons. The Morgan fingerprint density at radius 1 is 0.818 bits per heavy atom. The van der Waals surface area contributed by atoms with Crippen molar-refractivity contribution in [3.05, 3.63) is 71.3 Å². The van der Waals surface area contributed by atoms with Gasteiger partial charge in [-0.2, -0.15) is 0 Å². The first kappa shape index (κ1) is 25.9. The van der Waals surface area contributed by atoms with Crippen LogP contribution < -0.4 is 5.32 Å². The number of piperidine rings is 1.